The van der Waals surface area contributed by atoms with E-state index in [1.807, 2.05) is 6.92 Å². The van der Waals surface area contributed by atoms with Gasteiger partial charge in [0.1, 0.15) is 31.2 Å². The molecule has 0 aromatic carbocycles. The van der Waals surface area contributed by atoms with Gasteiger partial charge in [0.05, 0.1) is 19.9 Å². The van der Waals surface area contributed by atoms with E-state index in [1.54, 1.807) is 6.92 Å². The van der Waals surface area contributed by atoms with Crippen LogP contribution < -0.4 is 17.0 Å². The van der Waals surface area contributed by atoms with Crippen LogP contribution in [0.1, 0.15) is 39.3 Å². The van der Waals surface area contributed by atoms with Crippen molar-refractivity contribution in [1.82, 2.24) is 19.5 Å². The van der Waals surface area contributed by atoms with Crippen molar-refractivity contribution in [2.75, 3.05) is 19.5 Å². The number of methoxy groups -OCH3 is 1. The molecule has 2 aromatic rings. The highest BCUT2D eigenvalue weighted by Crippen LogP contribution is 2.32. The topological polar surface area (TPSA) is 204 Å². The number of nitrogens with one attached hydrogen (secondary N) is 1. The van der Waals surface area contributed by atoms with Crippen LogP contribution >= 0.6 is 0 Å². The number of nitrogens with zero attached hydrogens (tertiary/aromatic N) is 3. The summed E-state index contributed by atoms with van der Waals surface area (Å²) in [4.78, 5) is 58.9. The molecule has 15 heteroatoms. The molecule has 0 radical (unpaired) electrons. The Balaban J connectivity index is 1.66. The van der Waals surface area contributed by atoms with Gasteiger partial charge in [0.2, 0.25) is 12.1 Å². The van der Waals surface area contributed by atoms with Crippen LogP contribution in [-0.2, 0) is 33.3 Å². The normalized spacial score (nSPS) is 22.1. The highest BCUT2D eigenvalue weighted by molar-refractivity contribution is 5.85. The van der Waals surface area contributed by atoms with E-state index >= 15 is 0 Å². The predicted molar refractivity (Wildman–Crippen MR) is 121 cm³/mol. The van der Waals surface area contributed by atoms with Gasteiger partial charge in [-0.2, -0.15) is 4.98 Å². The van der Waals surface area contributed by atoms with Gasteiger partial charge in [-0.05, 0) is 5.92 Å². The van der Waals surface area contributed by atoms with Crippen LogP contribution in [0.15, 0.2) is 11.1 Å². The van der Waals surface area contributed by atoms with Crippen LogP contribution in [0.5, 0.6) is 0 Å². The van der Waals surface area contributed by atoms with Crippen LogP contribution in [0.25, 0.3) is 11.2 Å². The van der Waals surface area contributed by atoms with E-state index in [0.29, 0.717) is 6.42 Å². The van der Waals surface area contributed by atoms with Gasteiger partial charge in [0, 0.05) is 6.42 Å². The lowest BCUT2D eigenvalue weighted by Crippen LogP contribution is -2.43. The number of aromatic amines is 1. The quantitative estimate of drug-likeness (QED) is 0.278. The fourth-order valence-corrected chi connectivity index (χ4v) is 3.53. The second-order valence-corrected chi connectivity index (χ2v) is 8.40. The number of hydrogen-bond donors (Lipinski definition) is 3. The predicted octanol–water partition coefficient (Wildman–Crippen LogP) is -0.281. The lowest BCUT2D eigenvalue weighted by atomic mass is 10.0. The molecule has 0 spiro atoms. The van der Waals surface area contributed by atoms with Crippen LogP contribution in [0, 0.1) is 5.92 Å². The molecular formula is C21H29FN6O8. The molecule has 2 unspecified atom stereocenters. The number of aromatic nitrogens is 4. The van der Waals surface area contributed by atoms with E-state index in [2.05, 4.69) is 19.7 Å². The molecule has 1 saturated heterocycles. The maximum absolute atomic E-state index is 14.7. The summed E-state index contributed by atoms with van der Waals surface area (Å²) in [5.74, 6) is -3.17. The molecule has 1 fully saturated rings. The van der Waals surface area contributed by atoms with Crippen molar-refractivity contribution >= 4 is 35.0 Å². The van der Waals surface area contributed by atoms with Crippen molar-refractivity contribution in [3.8, 4) is 0 Å². The molecule has 0 amide bonds. The molecule has 3 heterocycles. The number of nitrogens with two attached hydrogens (primary N) is 2. The summed E-state index contributed by atoms with van der Waals surface area (Å²) in [6, 6.07) is -1.02. The molecule has 1 aliphatic rings. The van der Waals surface area contributed by atoms with Crippen molar-refractivity contribution < 1.29 is 37.7 Å². The summed E-state index contributed by atoms with van der Waals surface area (Å²) >= 11 is 0. The average molecular weight is 512 g/mol. The van der Waals surface area contributed by atoms with Crippen LogP contribution in [0.4, 0.5) is 10.3 Å². The molecule has 2 aromatic heterocycles. The van der Waals surface area contributed by atoms with Gasteiger partial charge in [-0.3, -0.25) is 23.9 Å². The van der Waals surface area contributed by atoms with Gasteiger partial charge >= 0.3 is 17.9 Å². The summed E-state index contributed by atoms with van der Waals surface area (Å²) in [6.45, 7) is 3.03. The second kappa shape index (κ2) is 11.4. The zero-order valence-electron chi connectivity index (χ0n) is 20.0. The number of carbonyl (C=O) groups excluding carboxylic acids is 3. The minimum absolute atomic E-state index is 0.00107. The van der Waals surface area contributed by atoms with Gasteiger partial charge in [-0.25, -0.2) is 14.2 Å². The number of H-pyrrole nitrogens is 1. The summed E-state index contributed by atoms with van der Waals surface area (Å²) in [5, 5.41) is 0. The number of nitrogen functional groups attached to an aromatic ring is 1. The summed E-state index contributed by atoms with van der Waals surface area (Å²) < 4.78 is 36.5. The molecule has 0 saturated carbocycles. The Hall–Kier alpha value is -3.59. The number of esters is 3. The van der Waals surface area contributed by atoms with Crippen molar-refractivity contribution in [3.63, 3.8) is 0 Å². The molecule has 5 N–H and O–H groups in total. The minimum atomic E-state index is -1.63. The van der Waals surface area contributed by atoms with Crippen molar-refractivity contribution in [3.05, 3.63) is 16.7 Å². The van der Waals surface area contributed by atoms with Crippen molar-refractivity contribution in [2.24, 2.45) is 11.7 Å². The number of hydrogen-bond acceptors (Lipinski definition) is 12. The third-order valence-electron chi connectivity index (χ3n) is 5.94. The average Bonchev–Trinajstić information content (AvgIpc) is 3.43. The van der Waals surface area contributed by atoms with Gasteiger partial charge in [-0.1, -0.05) is 20.3 Å². The molecule has 3 rings (SSSR count). The largest absolute Gasteiger partial charge is 0.469 e. The van der Waals surface area contributed by atoms with Crippen LogP contribution in [0.2, 0.25) is 0 Å². The Labute approximate surface area is 204 Å². The summed E-state index contributed by atoms with van der Waals surface area (Å²) in [6.07, 6.45) is -4.18. The smallest absolute Gasteiger partial charge is 0.348 e. The zero-order valence-corrected chi connectivity index (χ0v) is 20.0. The lowest BCUT2D eigenvalue weighted by Gasteiger charge is -2.22. The standard InChI is InChI=1S/C21H29FN6O8/c1-4-9(2)15(23)20(32)36-11(6-14(29)33-3)19(31)34-7-12-10(22)5-13(35-12)28-8-25-16-17(28)26-21(24)27-18(16)30/h8-13,15H,4-7,23H2,1-3H3,(H3,24,26,27,30)/t9-,10?,11?,12+,13+,15-/m0/s1. The van der Waals surface area contributed by atoms with E-state index in [1.165, 1.54) is 10.9 Å². The first-order chi connectivity index (χ1) is 17.0. The Kier molecular flexibility index (Phi) is 8.57. The number of imidazole rings is 1. The molecule has 0 bridgehead atoms. The SMILES string of the molecule is CC[C@H](C)[C@H](N)C(=O)OC(CC(=O)OC)C(=O)OC[C@H]1O[C@@H](n2cnc3c(=O)[nH]c(N)nc32)CC1F. The van der Waals surface area contributed by atoms with Gasteiger partial charge in [0.25, 0.3) is 5.56 Å². The van der Waals surface area contributed by atoms with Crippen LogP contribution in [0.3, 0.4) is 0 Å². The number of anilines is 1. The monoisotopic (exact) mass is 512 g/mol. The van der Waals surface area contributed by atoms with E-state index in [9.17, 15) is 23.6 Å². The third-order valence-corrected chi connectivity index (χ3v) is 5.94. The first-order valence-electron chi connectivity index (χ1n) is 11.3. The fourth-order valence-electron chi connectivity index (χ4n) is 3.53. The zero-order chi connectivity index (χ0) is 26.6. The van der Waals surface area contributed by atoms with E-state index in [4.69, 9.17) is 25.7 Å². The van der Waals surface area contributed by atoms with E-state index < -0.39 is 67.1 Å². The molecular weight excluding hydrogens is 483 g/mol. The fraction of sp³-hybridized carbons (Fsp3) is 0.619. The van der Waals surface area contributed by atoms with Crippen LogP contribution in [-0.4, -0.2) is 75.6 Å². The number of rotatable bonds is 10. The molecule has 0 aliphatic carbocycles. The highest BCUT2D eigenvalue weighted by atomic mass is 19.1. The number of alkyl halides is 1. The maximum atomic E-state index is 14.7. The Morgan fingerprint density at radius 1 is 1.36 bits per heavy atom. The van der Waals surface area contributed by atoms with Crippen molar-refractivity contribution in [2.45, 2.75) is 63.8 Å². The molecule has 198 valence electrons. The lowest BCUT2D eigenvalue weighted by molar-refractivity contribution is -0.175. The molecule has 6 atom stereocenters. The first kappa shape index (κ1) is 27.0. The van der Waals surface area contributed by atoms with Gasteiger partial charge in [-0.15, -0.1) is 0 Å². The first-order valence-corrected chi connectivity index (χ1v) is 11.3. The number of halogens is 1. The van der Waals surface area contributed by atoms with Gasteiger partial charge < -0.3 is 30.4 Å². The number of carbonyl (C=O) groups is 3. The molecule has 14 nitrogen and oxygen atoms in total. The maximum Gasteiger partial charge on any atom is 0.348 e. The third kappa shape index (κ3) is 5.96. The second-order valence-electron chi connectivity index (χ2n) is 8.40. The number of ether oxygens (including phenoxy) is 4. The molecule has 36 heavy (non-hydrogen) atoms. The highest BCUT2D eigenvalue weighted by Gasteiger charge is 2.39. The van der Waals surface area contributed by atoms with E-state index in [-0.39, 0.29) is 29.5 Å². The Morgan fingerprint density at radius 3 is 2.75 bits per heavy atom. The number of fused-ring (bicyclic) bond motifs is 1. The van der Waals surface area contributed by atoms with Gasteiger partial charge in [0.15, 0.2) is 11.2 Å². The van der Waals surface area contributed by atoms with Crippen molar-refractivity contribution in [1.29, 1.82) is 0 Å². The van der Waals surface area contributed by atoms with E-state index in [0.717, 1.165) is 7.11 Å². The Bertz CT molecular complexity index is 1170. The minimum Gasteiger partial charge on any atom is -0.469 e. The summed E-state index contributed by atoms with van der Waals surface area (Å²) in [7, 11) is 1.10. The molecule has 1 aliphatic heterocycles. The summed E-state index contributed by atoms with van der Waals surface area (Å²) in [5.41, 5.74) is 11.0. The Morgan fingerprint density at radius 2 is 2.08 bits per heavy atom.